The van der Waals surface area contributed by atoms with Gasteiger partial charge in [-0.25, -0.2) is 0 Å². The lowest BCUT2D eigenvalue weighted by molar-refractivity contribution is 0.0493. The molecule has 1 aliphatic heterocycles. The van der Waals surface area contributed by atoms with Crippen LogP contribution in [0.1, 0.15) is 79.7 Å². The smallest absolute Gasteiger partial charge is 0.208 e. The van der Waals surface area contributed by atoms with Gasteiger partial charge in [-0.1, -0.05) is 64.0 Å². The Morgan fingerprint density at radius 1 is 1.24 bits per heavy atom. The third kappa shape index (κ3) is 8.47. The predicted molar refractivity (Wildman–Crippen MR) is 156 cm³/mol. The van der Waals surface area contributed by atoms with Crippen molar-refractivity contribution in [3.63, 3.8) is 0 Å². The van der Waals surface area contributed by atoms with Crippen LogP contribution in [0.2, 0.25) is 0 Å². The third-order valence-electron chi connectivity index (χ3n) is 6.50. The number of hydrogen-bond acceptors (Lipinski definition) is 5. The molecule has 1 aliphatic rings. The maximum absolute atomic E-state index is 11.9. The monoisotopic (exact) mass is 514 g/mol. The second-order valence-electron chi connectivity index (χ2n) is 9.97. The molecule has 8 heteroatoms. The number of guanidine groups is 1. The zero-order chi connectivity index (χ0) is 27.4. The van der Waals surface area contributed by atoms with E-state index in [0.29, 0.717) is 43.9 Å². The number of aliphatic hydroxyl groups excluding tert-OH is 1. The molecular formula is C29H50N6O2. The second kappa shape index (κ2) is 15.6. The van der Waals surface area contributed by atoms with Gasteiger partial charge in [0.2, 0.25) is 11.9 Å². The molecule has 2 rings (SSSR count). The van der Waals surface area contributed by atoms with Crippen LogP contribution in [0.25, 0.3) is 0 Å². The van der Waals surface area contributed by atoms with Gasteiger partial charge in [0.25, 0.3) is 0 Å². The molecule has 37 heavy (non-hydrogen) atoms. The highest BCUT2D eigenvalue weighted by Gasteiger charge is 2.36. The van der Waals surface area contributed by atoms with Crippen LogP contribution in [0.5, 0.6) is 0 Å². The molecule has 1 aromatic rings. The minimum Gasteiger partial charge on any atom is -0.381 e. The quantitative estimate of drug-likeness (QED) is 0.229. The highest BCUT2D eigenvalue weighted by molar-refractivity contribution is 5.96. The Morgan fingerprint density at radius 2 is 2.00 bits per heavy atom. The van der Waals surface area contributed by atoms with Crippen molar-refractivity contribution in [1.82, 2.24) is 14.5 Å². The molecule has 2 N–H and O–H groups in total. The second-order valence-corrected chi connectivity index (χ2v) is 9.97. The number of methoxy groups -OCH3 is 1. The van der Waals surface area contributed by atoms with E-state index in [1.165, 1.54) is 5.57 Å². The Bertz CT molecular complexity index is 958. The van der Waals surface area contributed by atoms with Crippen molar-refractivity contribution in [2.75, 3.05) is 50.1 Å². The Labute approximate surface area is 224 Å². The van der Waals surface area contributed by atoms with Crippen LogP contribution < -0.4 is 10.2 Å². The van der Waals surface area contributed by atoms with E-state index in [0.717, 1.165) is 49.6 Å². The summed E-state index contributed by atoms with van der Waals surface area (Å²) in [4.78, 5) is 14.1. The number of aliphatic imine (C=N–C) groups is 1. The van der Waals surface area contributed by atoms with E-state index < -0.39 is 6.23 Å². The van der Waals surface area contributed by atoms with E-state index in [2.05, 4.69) is 81.5 Å². The maximum atomic E-state index is 11.9. The lowest BCUT2D eigenvalue weighted by Gasteiger charge is -2.36. The molecule has 2 heterocycles. The molecular weight excluding hydrogens is 464 g/mol. The van der Waals surface area contributed by atoms with Gasteiger partial charge in [0.15, 0.2) is 12.0 Å². The molecule has 2 atom stereocenters. The molecule has 8 nitrogen and oxygen atoms in total. The summed E-state index contributed by atoms with van der Waals surface area (Å²) in [6, 6.07) is 0. The fourth-order valence-electron chi connectivity index (χ4n) is 4.25. The van der Waals surface area contributed by atoms with Gasteiger partial charge < -0.3 is 29.5 Å². The Morgan fingerprint density at radius 3 is 2.59 bits per heavy atom. The van der Waals surface area contributed by atoms with Crippen LogP contribution in [-0.2, 0) is 11.3 Å². The molecule has 208 valence electrons. The van der Waals surface area contributed by atoms with Crippen molar-refractivity contribution in [2.24, 2.45) is 10.9 Å². The van der Waals surface area contributed by atoms with Crippen molar-refractivity contribution in [1.29, 1.82) is 0 Å². The lowest BCUT2D eigenvalue weighted by atomic mass is 10.1. The topological polar surface area (TPSA) is 78.2 Å². The zero-order valence-corrected chi connectivity index (χ0v) is 24.4. The number of allylic oxidation sites excluding steroid dienone is 3. The van der Waals surface area contributed by atoms with Gasteiger partial charge in [-0.3, -0.25) is 4.99 Å². The van der Waals surface area contributed by atoms with Crippen LogP contribution in [0.4, 0.5) is 11.8 Å². The Kier molecular flexibility index (Phi) is 12.9. The summed E-state index contributed by atoms with van der Waals surface area (Å²) in [5.41, 5.74) is 3.12. The van der Waals surface area contributed by atoms with E-state index in [-0.39, 0.29) is 0 Å². The SMILES string of the molecule is CC/C=C(\C=C/COC)CN1C(=NCCC)Nc2nc(N(CC)CC(C)CC)n(CC=C(C)C)c2C1O. The van der Waals surface area contributed by atoms with Crippen molar-refractivity contribution in [3.05, 3.63) is 41.1 Å². The number of hydrogen-bond donors (Lipinski definition) is 2. The fourth-order valence-corrected chi connectivity index (χ4v) is 4.25. The summed E-state index contributed by atoms with van der Waals surface area (Å²) >= 11 is 0. The summed E-state index contributed by atoms with van der Waals surface area (Å²) in [5.74, 6) is 2.78. The molecule has 0 aliphatic carbocycles. The average Bonchev–Trinajstić information content (AvgIpc) is 3.24. The first-order valence-electron chi connectivity index (χ1n) is 13.9. The Balaban J connectivity index is 2.60. The predicted octanol–water partition coefficient (Wildman–Crippen LogP) is 5.75. The zero-order valence-electron chi connectivity index (χ0n) is 24.4. The van der Waals surface area contributed by atoms with Gasteiger partial charge in [0.1, 0.15) is 5.69 Å². The van der Waals surface area contributed by atoms with Gasteiger partial charge in [-0.05, 0) is 45.1 Å². The van der Waals surface area contributed by atoms with E-state index in [9.17, 15) is 5.11 Å². The van der Waals surface area contributed by atoms with Gasteiger partial charge in [-0.15, -0.1) is 0 Å². The molecule has 2 unspecified atom stereocenters. The van der Waals surface area contributed by atoms with Crippen molar-refractivity contribution in [3.8, 4) is 0 Å². The fraction of sp³-hybridized carbons (Fsp3) is 0.655. The van der Waals surface area contributed by atoms with Crippen LogP contribution in [0.3, 0.4) is 0 Å². The molecule has 1 aromatic heterocycles. The van der Waals surface area contributed by atoms with Gasteiger partial charge in [0.05, 0.1) is 6.61 Å². The average molecular weight is 515 g/mol. The maximum Gasteiger partial charge on any atom is 0.208 e. The van der Waals surface area contributed by atoms with Crippen LogP contribution in [0, 0.1) is 5.92 Å². The summed E-state index contributed by atoms with van der Waals surface area (Å²) in [6.07, 6.45) is 10.5. The third-order valence-corrected chi connectivity index (χ3v) is 6.50. The number of fused-ring (bicyclic) bond motifs is 1. The molecule has 0 aromatic carbocycles. The van der Waals surface area contributed by atoms with Gasteiger partial charge >= 0.3 is 0 Å². The number of ether oxygens (including phenoxy) is 1. The minimum atomic E-state index is -0.878. The highest BCUT2D eigenvalue weighted by Crippen LogP contribution is 2.36. The van der Waals surface area contributed by atoms with Crippen molar-refractivity contribution in [2.45, 2.75) is 80.5 Å². The molecule has 0 fully saturated rings. The number of nitrogens with zero attached hydrogens (tertiary/aromatic N) is 5. The molecule has 0 saturated carbocycles. The largest absolute Gasteiger partial charge is 0.381 e. The van der Waals surface area contributed by atoms with E-state index in [1.807, 2.05) is 11.0 Å². The molecule has 0 bridgehead atoms. The lowest BCUT2D eigenvalue weighted by Crippen LogP contribution is -2.45. The normalized spacial score (nSPS) is 17.8. The number of aliphatic hydroxyl groups is 1. The van der Waals surface area contributed by atoms with Crippen LogP contribution in [0.15, 0.2) is 40.4 Å². The summed E-state index contributed by atoms with van der Waals surface area (Å²) in [7, 11) is 1.69. The number of rotatable bonds is 15. The Hall–Kier alpha value is -2.58. The summed E-state index contributed by atoms with van der Waals surface area (Å²) in [5, 5.41) is 15.3. The number of nitrogens with one attached hydrogen (secondary N) is 1. The minimum absolute atomic E-state index is 0.526. The first-order valence-corrected chi connectivity index (χ1v) is 13.9. The number of anilines is 2. The van der Waals surface area contributed by atoms with Crippen LogP contribution >= 0.6 is 0 Å². The molecule has 0 saturated heterocycles. The van der Waals surface area contributed by atoms with Gasteiger partial charge in [-0.2, -0.15) is 4.98 Å². The van der Waals surface area contributed by atoms with Gasteiger partial charge in [0, 0.05) is 39.8 Å². The summed E-state index contributed by atoms with van der Waals surface area (Å²) < 4.78 is 7.37. The van der Waals surface area contributed by atoms with E-state index >= 15 is 0 Å². The van der Waals surface area contributed by atoms with E-state index in [1.54, 1.807) is 7.11 Å². The van der Waals surface area contributed by atoms with Crippen molar-refractivity contribution < 1.29 is 9.84 Å². The molecule has 0 radical (unpaired) electrons. The number of aromatic nitrogens is 2. The molecule has 0 amide bonds. The summed E-state index contributed by atoms with van der Waals surface area (Å²) in [6.45, 7) is 19.3. The van der Waals surface area contributed by atoms with Crippen molar-refractivity contribution >= 4 is 17.7 Å². The molecule has 0 spiro atoms. The number of imidazole rings is 1. The van der Waals surface area contributed by atoms with E-state index in [4.69, 9.17) is 14.7 Å². The first-order chi connectivity index (χ1) is 17.8. The standard InChI is InChI=1S/C29H50N6O2/c1-9-14-24(15-13-19-37-8)21-35-27(36)25-26(31-28(35)30-17-10-2)32-29(34(25)18-16-22(5)6)33(12-4)20-23(7)11-3/h13-16,23,27,36H,9-12,17-21H2,1-8H3,(H,30,31)/b15-13-,24-14+. The first kappa shape index (κ1) is 30.6. The highest BCUT2D eigenvalue weighted by atomic mass is 16.5. The van der Waals surface area contributed by atoms with Crippen LogP contribution in [-0.4, -0.2) is 65.4 Å².